The molecule has 23 heavy (non-hydrogen) atoms. The van der Waals surface area contributed by atoms with E-state index in [1.165, 1.54) is 12.1 Å². The van der Waals surface area contributed by atoms with E-state index in [2.05, 4.69) is 15.5 Å². The maximum absolute atomic E-state index is 13.4. The molecule has 1 saturated heterocycles. The van der Waals surface area contributed by atoms with Gasteiger partial charge in [-0.3, -0.25) is 4.90 Å². The van der Waals surface area contributed by atoms with Crippen LogP contribution in [0.25, 0.3) is 0 Å². The molecule has 5 nitrogen and oxygen atoms in total. The molecule has 1 aromatic carbocycles. The van der Waals surface area contributed by atoms with Crippen molar-refractivity contribution in [1.29, 1.82) is 0 Å². The molecular weight excluding hydrogens is 304 g/mol. The molecule has 2 amide bonds. The first-order chi connectivity index (χ1) is 11.1. The molecule has 0 bridgehead atoms. The summed E-state index contributed by atoms with van der Waals surface area (Å²) in [6, 6.07) is 3.35. The summed E-state index contributed by atoms with van der Waals surface area (Å²) in [4.78, 5) is 13.9. The number of rotatable bonds is 7. The van der Waals surface area contributed by atoms with Gasteiger partial charge in [0.2, 0.25) is 0 Å². The van der Waals surface area contributed by atoms with Crippen LogP contribution in [0.3, 0.4) is 0 Å². The van der Waals surface area contributed by atoms with Gasteiger partial charge in [-0.1, -0.05) is 6.07 Å². The van der Waals surface area contributed by atoms with E-state index in [1.807, 2.05) is 0 Å². The van der Waals surface area contributed by atoms with Crippen molar-refractivity contribution in [2.45, 2.75) is 31.7 Å². The average molecular weight is 327 g/mol. The molecule has 0 radical (unpaired) electrons. The molecule has 1 unspecified atom stereocenters. The van der Waals surface area contributed by atoms with Crippen LogP contribution in [0.4, 0.5) is 19.3 Å². The molecule has 1 aliphatic heterocycles. The van der Waals surface area contributed by atoms with E-state index < -0.39 is 17.7 Å². The van der Waals surface area contributed by atoms with Crippen LogP contribution in [0.2, 0.25) is 0 Å². The van der Waals surface area contributed by atoms with E-state index in [0.29, 0.717) is 6.54 Å². The normalized spacial score (nSPS) is 18.1. The highest BCUT2D eigenvalue weighted by Gasteiger charge is 2.22. The van der Waals surface area contributed by atoms with E-state index in [9.17, 15) is 18.7 Å². The van der Waals surface area contributed by atoms with Crippen LogP contribution in [-0.4, -0.2) is 48.3 Å². The summed E-state index contributed by atoms with van der Waals surface area (Å²) in [6.45, 7) is 2.56. The summed E-state index contributed by atoms with van der Waals surface area (Å²) in [5, 5.41) is 14.1. The van der Waals surface area contributed by atoms with Gasteiger partial charge in [0.15, 0.2) is 11.6 Å². The Bertz CT molecular complexity index is 528. The fourth-order valence-electron chi connectivity index (χ4n) is 2.80. The number of aliphatic hydroxyl groups excluding tert-OH is 1. The van der Waals surface area contributed by atoms with Crippen molar-refractivity contribution in [3.8, 4) is 0 Å². The molecular formula is C16H23F2N3O2. The molecule has 0 aromatic heterocycles. The molecule has 128 valence electrons. The van der Waals surface area contributed by atoms with Crippen LogP contribution in [-0.2, 0) is 0 Å². The molecule has 0 saturated carbocycles. The number of amides is 2. The lowest BCUT2D eigenvalue weighted by atomic mass is 10.2. The van der Waals surface area contributed by atoms with Crippen LogP contribution in [0.15, 0.2) is 18.2 Å². The van der Waals surface area contributed by atoms with Gasteiger partial charge in [0.1, 0.15) is 0 Å². The van der Waals surface area contributed by atoms with Gasteiger partial charge >= 0.3 is 6.03 Å². The standard InChI is InChI=1S/C16H23F2N3O2/c17-13-6-3-7-14(15(13)18)20-16(23)19-8-1-2-9-21-10-4-5-12(21)11-22/h3,6-7,12,22H,1-2,4-5,8-11H2,(H2,19,20,23). The molecule has 1 atom stereocenters. The highest BCUT2D eigenvalue weighted by molar-refractivity contribution is 5.89. The first kappa shape index (κ1) is 17.6. The quantitative estimate of drug-likeness (QED) is 0.674. The number of benzene rings is 1. The Kier molecular flexibility index (Phi) is 6.73. The molecule has 2 rings (SSSR count). The lowest BCUT2D eigenvalue weighted by Crippen LogP contribution is -2.34. The van der Waals surface area contributed by atoms with Crippen LogP contribution in [0, 0.1) is 11.6 Å². The number of urea groups is 1. The van der Waals surface area contributed by atoms with Crippen LogP contribution < -0.4 is 10.6 Å². The number of nitrogens with one attached hydrogen (secondary N) is 2. The maximum Gasteiger partial charge on any atom is 0.319 e. The zero-order valence-electron chi connectivity index (χ0n) is 13.0. The van der Waals surface area contributed by atoms with Gasteiger partial charge in [-0.2, -0.15) is 0 Å². The Balaban J connectivity index is 1.62. The minimum atomic E-state index is -1.06. The molecule has 1 aromatic rings. The summed E-state index contributed by atoms with van der Waals surface area (Å²) < 4.78 is 26.4. The highest BCUT2D eigenvalue weighted by Crippen LogP contribution is 2.17. The van der Waals surface area contributed by atoms with Crippen LogP contribution in [0.5, 0.6) is 0 Å². The number of halogens is 2. The third-order valence-corrected chi connectivity index (χ3v) is 4.07. The van der Waals surface area contributed by atoms with Crippen molar-refractivity contribution in [2.75, 3.05) is 31.6 Å². The van der Waals surface area contributed by atoms with Crippen molar-refractivity contribution in [3.05, 3.63) is 29.8 Å². The number of carbonyl (C=O) groups excluding carboxylic acids is 1. The number of anilines is 1. The predicted octanol–water partition coefficient (Wildman–Crippen LogP) is 2.32. The SMILES string of the molecule is O=C(NCCCCN1CCCC1CO)Nc1cccc(F)c1F. The third kappa shape index (κ3) is 5.14. The van der Waals surface area contributed by atoms with Gasteiger partial charge in [-0.15, -0.1) is 0 Å². The maximum atomic E-state index is 13.4. The number of hydrogen-bond acceptors (Lipinski definition) is 3. The number of carbonyl (C=O) groups is 1. The first-order valence-electron chi connectivity index (χ1n) is 7.95. The molecule has 0 aliphatic carbocycles. The molecule has 7 heteroatoms. The smallest absolute Gasteiger partial charge is 0.319 e. The van der Waals surface area contributed by atoms with Gasteiger partial charge < -0.3 is 15.7 Å². The second-order valence-corrected chi connectivity index (χ2v) is 5.70. The number of hydrogen-bond donors (Lipinski definition) is 3. The van der Waals surface area contributed by atoms with Crippen molar-refractivity contribution in [1.82, 2.24) is 10.2 Å². The molecule has 1 fully saturated rings. The second-order valence-electron chi connectivity index (χ2n) is 5.70. The Morgan fingerprint density at radius 1 is 1.35 bits per heavy atom. The second kappa shape index (κ2) is 8.79. The lowest BCUT2D eigenvalue weighted by Gasteiger charge is -2.22. The van der Waals surface area contributed by atoms with Crippen molar-refractivity contribution in [3.63, 3.8) is 0 Å². The zero-order valence-corrected chi connectivity index (χ0v) is 13.0. The van der Waals surface area contributed by atoms with Crippen molar-refractivity contribution >= 4 is 11.7 Å². The Hall–Kier alpha value is -1.73. The highest BCUT2D eigenvalue weighted by atomic mass is 19.2. The third-order valence-electron chi connectivity index (χ3n) is 4.07. The van der Waals surface area contributed by atoms with E-state index >= 15 is 0 Å². The summed E-state index contributed by atoms with van der Waals surface area (Å²) in [5.74, 6) is -2.06. The van der Waals surface area contributed by atoms with E-state index in [0.717, 1.165) is 44.8 Å². The topological polar surface area (TPSA) is 64.6 Å². The predicted molar refractivity (Wildman–Crippen MR) is 84.3 cm³/mol. The van der Waals surface area contributed by atoms with Gasteiger partial charge in [0, 0.05) is 12.6 Å². The number of likely N-dealkylation sites (tertiary alicyclic amines) is 1. The number of nitrogens with zero attached hydrogens (tertiary/aromatic N) is 1. The van der Waals surface area contributed by atoms with Gasteiger partial charge in [0.05, 0.1) is 12.3 Å². The summed E-state index contributed by atoms with van der Waals surface area (Å²) in [6.07, 6.45) is 3.85. The van der Waals surface area contributed by atoms with Gasteiger partial charge in [0.25, 0.3) is 0 Å². The minimum Gasteiger partial charge on any atom is -0.395 e. The Morgan fingerprint density at radius 2 is 2.17 bits per heavy atom. The average Bonchev–Trinajstić information content (AvgIpc) is 2.99. The largest absolute Gasteiger partial charge is 0.395 e. The fraction of sp³-hybridized carbons (Fsp3) is 0.562. The first-order valence-corrected chi connectivity index (χ1v) is 7.95. The summed E-state index contributed by atoms with van der Waals surface area (Å²) in [5.41, 5.74) is -0.176. The van der Waals surface area contributed by atoms with Crippen molar-refractivity contribution in [2.24, 2.45) is 0 Å². The molecule has 3 N–H and O–H groups in total. The molecule has 1 heterocycles. The van der Waals surface area contributed by atoms with E-state index in [1.54, 1.807) is 0 Å². The van der Waals surface area contributed by atoms with Gasteiger partial charge in [-0.05, 0) is 50.9 Å². The summed E-state index contributed by atoms with van der Waals surface area (Å²) >= 11 is 0. The van der Waals surface area contributed by atoms with Gasteiger partial charge in [-0.25, -0.2) is 13.6 Å². The zero-order chi connectivity index (χ0) is 16.7. The lowest BCUT2D eigenvalue weighted by molar-refractivity contribution is 0.157. The Labute approximate surface area is 134 Å². The molecule has 1 aliphatic rings. The van der Waals surface area contributed by atoms with E-state index in [-0.39, 0.29) is 18.3 Å². The molecule has 0 spiro atoms. The van der Waals surface area contributed by atoms with Crippen LogP contribution >= 0.6 is 0 Å². The number of aliphatic hydroxyl groups is 1. The summed E-state index contributed by atoms with van der Waals surface area (Å²) in [7, 11) is 0. The number of unbranched alkanes of at least 4 members (excludes halogenated alkanes) is 1. The van der Waals surface area contributed by atoms with Crippen molar-refractivity contribution < 1.29 is 18.7 Å². The van der Waals surface area contributed by atoms with Crippen LogP contribution in [0.1, 0.15) is 25.7 Å². The Morgan fingerprint density at radius 3 is 2.96 bits per heavy atom. The fourth-order valence-corrected chi connectivity index (χ4v) is 2.80. The monoisotopic (exact) mass is 327 g/mol. The minimum absolute atomic E-state index is 0.176. The van der Waals surface area contributed by atoms with E-state index in [4.69, 9.17) is 0 Å².